The Morgan fingerprint density at radius 2 is 2.06 bits per heavy atom. The Bertz CT molecular complexity index is 417. The highest BCUT2D eigenvalue weighted by molar-refractivity contribution is 7.15. The van der Waals surface area contributed by atoms with Crippen LogP contribution < -0.4 is 10.6 Å². The smallest absolute Gasteiger partial charge is 0.405 e. The van der Waals surface area contributed by atoms with Crippen LogP contribution in [0.5, 0.6) is 0 Å². The van der Waals surface area contributed by atoms with Crippen molar-refractivity contribution in [2.45, 2.75) is 32.7 Å². The maximum Gasteiger partial charge on any atom is 0.405 e. The molecule has 1 heterocycles. The van der Waals surface area contributed by atoms with E-state index in [9.17, 15) is 9.59 Å². The molecule has 0 aliphatic rings. The third-order valence-corrected chi connectivity index (χ3v) is 3.27. The number of hydrogen-bond acceptors (Lipinski definition) is 4. The van der Waals surface area contributed by atoms with Gasteiger partial charge in [-0.25, -0.2) is 9.78 Å². The van der Waals surface area contributed by atoms with Crippen LogP contribution in [0.3, 0.4) is 0 Å². The topological polar surface area (TPSA) is 91.3 Å². The number of carbonyl (C=O) groups is 2. The number of carboxylic acid groups (broad SMARTS) is 1. The maximum atomic E-state index is 11.6. The van der Waals surface area contributed by atoms with Crippen LogP contribution in [0, 0.1) is 0 Å². The minimum Gasteiger partial charge on any atom is -0.465 e. The quantitative estimate of drug-likeness (QED) is 0.767. The summed E-state index contributed by atoms with van der Waals surface area (Å²) in [4.78, 5) is 27.0. The second-order valence-corrected chi connectivity index (χ2v) is 4.95. The van der Waals surface area contributed by atoms with E-state index >= 15 is 0 Å². The van der Waals surface area contributed by atoms with Crippen molar-refractivity contribution in [1.82, 2.24) is 10.3 Å². The summed E-state index contributed by atoms with van der Waals surface area (Å²) in [5, 5.41) is 13.6. The molecule has 94 valence electrons. The van der Waals surface area contributed by atoms with Crippen molar-refractivity contribution in [3.63, 3.8) is 0 Å². The van der Waals surface area contributed by atoms with Gasteiger partial charge in [0.1, 0.15) is 6.04 Å². The van der Waals surface area contributed by atoms with E-state index in [1.54, 1.807) is 6.20 Å². The van der Waals surface area contributed by atoms with Gasteiger partial charge in [0.05, 0.1) is 0 Å². The average Bonchev–Trinajstić information content (AvgIpc) is 2.65. The highest BCUT2D eigenvalue weighted by Gasteiger charge is 2.16. The van der Waals surface area contributed by atoms with E-state index in [1.165, 1.54) is 18.3 Å². The van der Waals surface area contributed by atoms with Gasteiger partial charge in [0.25, 0.3) is 0 Å². The molecule has 0 fully saturated rings. The van der Waals surface area contributed by atoms with Crippen molar-refractivity contribution in [3.05, 3.63) is 11.1 Å². The molecule has 0 bridgehead atoms. The highest BCUT2D eigenvalue weighted by atomic mass is 32.1. The van der Waals surface area contributed by atoms with Gasteiger partial charge in [-0.3, -0.25) is 4.79 Å². The summed E-state index contributed by atoms with van der Waals surface area (Å²) in [6.45, 7) is 5.54. The molecular formula is C10H15N3O3S. The number of carbonyl (C=O) groups excluding carboxylic acids is 1. The van der Waals surface area contributed by atoms with Crippen LogP contribution >= 0.6 is 11.3 Å². The van der Waals surface area contributed by atoms with Gasteiger partial charge in [0, 0.05) is 11.1 Å². The molecule has 0 saturated carbocycles. The van der Waals surface area contributed by atoms with E-state index in [0.717, 1.165) is 4.88 Å². The zero-order chi connectivity index (χ0) is 13.0. The standard InChI is InChI=1S/C10H15N3O3S/c1-5(2)7-4-11-9(17-7)13-8(14)6(3)12-10(15)16/h4-6,12H,1-3H3,(H,15,16)(H,11,13,14). The van der Waals surface area contributed by atoms with Crippen molar-refractivity contribution in [1.29, 1.82) is 0 Å². The number of nitrogens with one attached hydrogen (secondary N) is 2. The first-order chi connectivity index (χ1) is 7.90. The molecular weight excluding hydrogens is 242 g/mol. The Balaban J connectivity index is 2.58. The van der Waals surface area contributed by atoms with Crippen LogP contribution in [0.25, 0.3) is 0 Å². The second kappa shape index (κ2) is 5.62. The Labute approximate surface area is 103 Å². The van der Waals surface area contributed by atoms with Crippen molar-refractivity contribution in [2.75, 3.05) is 5.32 Å². The SMILES string of the molecule is CC(NC(=O)O)C(=O)Nc1ncc(C(C)C)s1. The third-order valence-electron chi connectivity index (χ3n) is 2.06. The molecule has 1 aromatic heterocycles. The van der Waals surface area contributed by atoms with E-state index < -0.39 is 18.0 Å². The van der Waals surface area contributed by atoms with E-state index in [-0.39, 0.29) is 0 Å². The van der Waals surface area contributed by atoms with Crippen LogP contribution in [-0.4, -0.2) is 28.1 Å². The fourth-order valence-electron chi connectivity index (χ4n) is 1.08. The van der Waals surface area contributed by atoms with Crippen molar-refractivity contribution in [2.24, 2.45) is 0 Å². The molecule has 0 radical (unpaired) electrons. The molecule has 2 amide bonds. The molecule has 0 aromatic carbocycles. The Morgan fingerprint density at radius 3 is 2.53 bits per heavy atom. The van der Waals surface area contributed by atoms with E-state index in [4.69, 9.17) is 5.11 Å². The van der Waals surface area contributed by atoms with Crippen LogP contribution in [0.4, 0.5) is 9.93 Å². The summed E-state index contributed by atoms with van der Waals surface area (Å²) >= 11 is 1.39. The third kappa shape index (κ3) is 4.03. The van der Waals surface area contributed by atoms with Crippen LogP contribution in [0.1, 0.15) is 31.6 Å². The van der Waals surface area contributed by atoms with Crippen molar-refractivity contribution < 1.29 is 14.7 Å². The van der Waals surface area contributed by atoms with Gasteiger partial charge in [0.15, 0.2) is 5.13 Å². The molecule has 0 aliphatic carbocycles. The van der Waals surface area contributed by atoms with Crippen LogP contribution in [-0.2, 0) is 4.79 Å². The number of hydrogen-bond donors (Lipinski definition) is 3. The van der Waals surface area contributed by atoms with Crippen LogP contribution in [0.2, 0.25) is 0 Å². The van der Waals surface area contributed by atoms with Gasteiger partial charge in [-0.05, 0) is 12.8 Å². The van der Waals surface area contributed by atoms with Gasteiger partial charge in [-0.15, -0.1) is 11.3 Å². The second-order valence-electron chi connectivity index (χ2n) is 3.88. The van der Waals surface area contributed by atoms with Gasteiger partial charge in [-0.1, -0.05) is 13.8 Å². The summed E-state index contributed by atoms with van der Waals surface area (Å²) in [5.74, 6) is -0.0650. The molecule has 0 aliphatic heterocycles. The lowest BCUT2D eigenvalue weighted by Gasteiger charge is -2.09. The van der Waals surface area contributed by atoms with E-state index in [1.807, 2.05) is 13.8 Å². The average molecular weight is 257 g/mol. The summed E-state index contributed by atoms with van der Waals surface area (Å²) in [5.41, 5.74) is 0. The highest BCUT2D eigenvalue weighted by Crippen LogP contribution is 2.25. The molecule has 1 aromatic rings. The zero-order valence-corrected chi connectivity index (χ0v) is 10.7. The summed E-state index contributed by atoms with van der Waals surface area (Å²) in [6, 6.07) is -0.807. The van der Waals surface area contributed by atoms with Crippen LogP contribution in [0.15, 0.2) is 6.20 Å². The summed E-state index contributed by atoms with van der Waals surface area (Å²) < 4.78 is 0. The normalized spacial score (nSPS) is 12.2. The molecule has 1 atom stereocenters. The summed E-state index contributed by atoms with van der Waals surface area (Å²) in [7, 11) is 0. The molecule has 0 spiro atoms. The number of rotatable bonds is 4. The van der Waals surface area contributed by atoms with Gasteiger partial charge in [-0.2, -0.15) is 0 Å². The molecule has 1 unspecified atom stereocenters. The fourth-order valence-corrected chi connectivity index (χ4v) is 1.90. The first-order valence-corrected chi connectivity index (χ1v) is 5.98. The lowest BCUT2D eigenvalue weighted by molar-refractivity contribution is -0.117. The van der Waals surface area contributed by atoms with Gasteiger partial charge < -0.3 is 15.7 Å². The minimum atomic E-state index is -1.23. The fraction of sp³-hybridized carbons (Fsp3) is 0.500. The number of anilines is 1. The van der Waals surface area contributed by atoms with Crippen molar-refractivity contribution in [3.8, 4) is 0 Å². The molecule has 6 nitrogen and oxygen atoms in total. The number of nitrogens with zero attached hydrogens (tertiary/aromatic N) is 1. The first-order valence-electron chi connectivity index (χ1n) is 5.16. The Hall–Kier alpha value is -1.63. The van der Waals surface area contributed by atoms with Gasteiger partial charge in [0.2, 0.25) is 5.91 Å². The molecule has 7 heteroatoms. The number of thiazole rings is 1. The molecule has 3 N–H and O–H groups in total. The Kier molecular flexibility index (Phi) is 4.45. The molecule has 1 rings (SSSR count). The lowest BCUT2D eigenvalue weighted by Crippen LogP contribution is -2.40. The molecule has 0 saturated heterocycles. The number of amides is 2. The number of aromatic nitrogens is 1. The first kappa shape index (κ1) is 13.4. The Morgan fingerprint density at radius 1 is 1.41 bits per heavy atom. The van der Waals surface area contributed by atoms with Gasteiger partial charge >= 0.3 is 6.09 Å². The zero-order valence-electron chi connectivity index (χ0n) is 9.85. The predicted molar refractivity (Wildman–Crippen MR) is 65.5 cm³/mol. The molecule has 17 heavy (non-hydrogen) atoms. The van der Waals surface area contributed by atoms with E-state index in [2.05, 4.69) is 15.6 Å². The minimum absolute atomic E-state index is 0.354. The lowest BCUT2D eigenvalue weighted by atomic mass is 10.2. The van der Waals surface area contributed by atoms with E-state index in [0.29, 0.717) is 11.0 Å². The summed E-state index contributed by atoms with van der Waals surface area (Å²) in [6.07, 6.45) is 0.481. The van der Waals surface area contributed by atoms with Crippen molar-refractivity contribution >= 4 is 28.5 Å². The largest absolute Gasteiger partial charge is 0.465 e. The maximum absolute atomic E-state index is 11.6. The predicted octanol–water partition coefficient (Wildman–Crippen LogP) is 1.86. The monoisotopic (exact) mass is 257 g/mol.